The molecular formula is C9H12O4S. The van der Waals surface area contributed by atoms with Gasteiger partial charge in [-0.25, -0.2) is 4.89 Å². The lowest BCUT2D eigenvalue weighted by atomic mass is 9.99. The minimum absolute atomic E-state index is 0.610. The Bertz CT molecular complexity index is 291. The molecule has 1 rings (SSSR count). The van der Waals surface area contributed by atoms with E-state index in [9.17, 15) is 0 Å². The summed E-state index contributed by atoms with van der Waals surface area (Å²) >= 11 is -0.750. The zero-order chi connectivity index (χ0) is 11.0. The van der Waals surface area contributed by atoms with E-state index in [0.29, 0.717) is 0 Å². The predicted molar refractivity (Wildman–Crippen MR) is 52.1 cm³/mol. The zero-order valence-electron chi connectivity index (χ0n) is 7.97. The standard InChI is InChI=1S/C9H12O2.O2S/c1-9(2,11-10)8-6-4-3-5-7-8;1-3-2/h3-7,10H,1-2H3;. The van der Waals surface area contributed by atoms with E-state index in [1.54, 1.807) is 0 Å². The second-order valence-electron chi connectivity index (χ2n) is 3.04. The molecule has 5 heteroatoms. The Labute approximate surface area is 86.1 Å². The van der Waals surface area contributed by atoms with Crippen LogP contribution in [-0.4, -0.2) is 13.7 Å². The monoisotopic (exact) mass is 216 g/mol. The highest BCUT2D eigenvalue weighted by Gasteiger charge is 2.20. The van der Waals surface area contributed by atoms with Crippen LogP contribution in [0.15, 0.2) is 30.3 Å². The highest BCUT2D eigenvalue weighted by Crippen LogP contribution is 2.22. The van der Waals surface area contributed by atoms with Gasteiger partial charge in [-0.1, -0.05) is 30.3 Å². The molecule has 0 radical (unpaired) electrons. The first-order chi connectivity index (χ1) is 6.58. The highest BCUT2D eigenvalue weighted by molar-refractivity contribution is 7.51. The summed E-state index contributed by atoms with van der Waals surface area (Å²) in [7, 11) is 0. The molecular weight excluding hydrogens is 204 g/mol. The molecule has 0 heterocycles. The molecule has 14 heavy (non-hydrogen) atoms. The first kappa shape index (κ1) is 13.0. The van der Waals surface area contributed by atoms with Gasteiger partial charge < -0.3 is 0 Å². The van der Waals surface area contributed by atoms with Crippen molar-refractivity contribution in [3.05, 3.63) is 35.9 Å². The van der Waals surface area contributed by atoms with Gasteiger partial charge in [0.05, 0.1) is 0 Å². The van der Waals surface area contributed by atoms with E-state index in [-0.39, 0.29) is 0 Å². The fourth-order valence-electron chi connectivity index (χ4n) is 0.892. The van der Waals surface area contributed by atoms with Crippen LogP contribution in [0.3, 0.4) is 0 Å². The molecule has 0 aliphatic heterocycles. The van der Waals surface area contributed by atoms with Crippen molar-refractivity contribution in [2.75, 3.05) is 0 Å². The number of benzene rings is 1. The molecule has 0 spiro atoms. The average molecular weight is 216 g/mol. The molecule has 0 unspecified atom stereocenters. The molecule has 4 nitrogen and oxygen atoms in total. The van der Waals surface area contributed by atoms with Crippen LogP contribution in [0.1, 0.15) is 19.4 Å². The Balaban J connectivity index is 0.000000500. The first-order valence-electron chi connectivity index (χ1n) is 3.88. The van der Waals surface area contributed by atoms with E-state index in [1.165, 1.54) is 0 Å². The molecule has 0 fully saturated rings. The molecule has 0 aromatic heterocycles. The maximum atomic E-state index is 8.55. The molecule has 1 aromatic carbocycles. The van der Waals surface area contributed by atoms with E-state index >= 15 is 0 Å². The summed E-state index contributed by atoms with van der Waals surface area (Å²) in [5.41, 5.74) is 0.351. The van der Waals surface area contributed by atoms with Gasteiger partial charge >= 0.3 is 11.6 Å². The number of hydrogen-bond acceptors (Lipinski definition) is 4. The van der Waals surface area contributed by atoms with E-state index in [0.717, 1.165) is 5.56 Å². The van der Waals surface area contributed by atoms with Crippen molar-refractivity contribution in [2.24, 2.45) is 0 Å². The third-order valence-electron chi connectivity index (χ3n) is 1.70. The van der Waals surface area contributed by atoms with Gasteiger partial charge in [0.25, 0.3) is 0 Å². The van der Waals surface area contributed by atoms with E-state index in [1.807, 2.05) is 44.2 Å². The van der Waals surface area contributed by atoms with Crippen molar-refractivity contribution >= 4 is 11.6 Å². The van der Waals surface area contributed by atoms with Crippen molar-refractivity contribution in [3.63, 3.8) is 0 Å². The Morgan fingerprint density at radius 3 is 2.00 bits per heavy atom. The van der Waals surface area contributed by atoms with Gasteiger partial charge in [0.2, 0.25) is 0 Å². The van der Waals surface area contributed by atoms with Crippen LogP contribution in [0, 0.1) is 0 Å². The molecule has 0 atom stereocenters. The highest BCUT2D eigenvalue weighted by atomic mass is 32.1. The normalized spacial score (nSPS) is 9.93. The average Bonchev–Trinajstić information content (AvgIpc) is 2.20. The van der Waals surface area contributed by atoms with Crippen molar-refractivity contribution < 1.29 is 18.6 Å². The summed E-state index contributed by atoms with van der Waals surface area (Å²) < 4.78 is 16.6. The second-order valence-corrected chi connectivity index (χ2v) is 3.17. The molecule has 1 N–H and O–H groups in total. The first-order valence-corrected chi connectivity index (χ1v) is 4.55. The largest absolute Gasteiger partial charge is 0.335 e. The summed E-state index contributed by atoms with van der Waals surface area (Å²) in [4.78, 5) is 4.32. The topological polar surface area (TPSA) is 63.6 Å². The lowest BCUT2D eigenvalue weighted by Crippen LogP contribution is -2.19. The van der Waals surface area contributed by atoms with Gasteiger partial charge in [0, 0.05) is 0 Å². The maximum absolute atomic E-state index is 8.55. The van der Waals surface area contributed by atoms with Crippen LogP contribution < -0.4 is 0 Å². The molecule has 1 aromatic rings. The molecule has 0 aliphatic rings. The van der Waals surface area contributed by atoms with Crippen LogP contribution in [0.25, 0.3) is 0 Å². The van der Waals surface area contributed by atoms with Crippen molar-refractivity contribution in [2.45, 2.75) is 19.4 Å². The van der Waals surface area contributed by atoms with Gasteiger partial charge in [-0.3, -0.25) is 5.26 Å². The molecule has 0 saturated carbocycles. The van der Waals surface area contributed by atoms with Gasteiger partial charge in [0.1, 0.15) is 5.60 Å². The SMILES string of the molecule is CC(C)(OO)c1ccccc1.O=S=O. The molecule has 0 aliphatic carbocycles. The van der Waals surface area contributed by atoms with E-state index in [2.05, 4.69) is 4.89 Å². The lowest BCUT2D eigenvalue weighted by Gasteiger charge is -2.20. The van der Waals surface area contributed by atoms with Gasteiger partial charge in [-0.15, -0.1) is 0 Å². The van der Waals surface area contributed by atoms with Crippen LogP contribution in [0.5, 0.6) is 0 Å². The van der Waals surface area contributed by atoms with Gasteiger partial charge in [-0.05, 0) is 19.4 Å². The Hall–Kier alpha value is -1.04. The molecule has 0 amide bonds. The van der Waals surface area contributed by atoms with Crippen LogP contribution in [0.2, 0.25) is 0 Å². The van der Waals surface area contributed by atoms with Gasteiger partial charge in [-0.2, -0.15) is 8.42 Å². The summed E-state index contributed by atoms with van der Waals surface area (Å²) in [5, 5.41) is 8.55. The fraction of sp³-hybridized carbons (Fsp3) is 0.333. The summed E-state index contributed by atoms with van der Waals surface area (Å²) in [5.74, 6) is 0. The predicted octanol–water partition coefficient (Wildman–Crippen LogP) is 1.74. The lowest BCUT2D eigenvalue weighted by molar-refractivity contribution is -0.318. The minimum atomic E-state index is -0.750. The van der Waals surface area contributed by atoms with Crippen LogP contribution in [-0.2, 0) is 22.1 Å². The van der Waals surface area contributed by atoms with Gasteiger partial charge in [0.15, 0.2) is 0 Å². The zero-order valence-corrected chi connectivity index (χ0v) is 8.78. The molecule has 78 valence electrons. The summed E-state index contributed by atoms with van der Waals surface area (Å²) in [6.07, 6.45) is 0. The quantitative estimate of drug-likeness (QED) is 0.604. The second kappa shape index (κ2) is 6.42. The van der Waals surface area contributed by atoms with E-state index in [4.69, 9.17) is 13.7 Å². The van der Waals surface area contributed by atoms with Crippen LogP contribution >= 0.6 is 0 Å². The van der Waals surface area contributed by atoms with E-state index < -0.39 is 17.2 Å². The summed E-state index contributed by atoms with van der Waals surface area (Å²) in [6.45, 7) is 3.62. The van der Waals surface area contributed by atoms with Crippen LogP contribution in [0.4, 0.5) is 0 Å². The summed E-state index contributed by atoms with van der Waals surface area (Å²) in [6, 6.07) is 9.58. The minimum Gasteiger partial charge on any atom is -0.251 e. The Morgan fingerprint density at radius 2 is 1.64 bits per heavy atom. The Morgan fingerprint density at radius 1 is 1.21 bits per heavy atom. The number of rotatable bonds is 2. The molecule has 0 saturated heterocycles. The molecule has 0 bridgehead atoms. The number of hydrogen-bond donors (Lipinski definition) is 1. The third-order valence-corrected chi connectivity index (χ3v) is 1.70. The van der Waals surface area contributed by atoms with Crippen molar-refractivity contribution in [3.8, 4) is 0 Å². The maximum Gasteiger partial charge on any atom is 0.335 e. The van der Waals surface area contributed by atoms with Crippen molar-refractivity contribution in [1.82, 2.24) is 0 Å². The van der Waals surface area contributed by atoms with Crippen molar-refractivity contribution in [1.29, 1.82) is 0 Å². The smallest absolute Gasteiger partial charge is 0.251 e. The Kier molecular flexibility index (Phi) is 5.94. The fourth-order valence-corrected chi connectivity index (χ4v) is 0.892. The third kappa shape index (κ3) is 4.27.